The highest BCUT2D eigenvalue weighted by Crippen LogP contribution is 2.28. The first-order valence-electron chi connectivity index (χ1n) is 3.99. The topological polar surface area (TPSA) is 63.3 Å². The summed E-state index contributed by atoms with van der Waals surface area (Å²) < 4.78 is 0. The van der Waals surface area contributed by atoms with Gasteiger partial charge in [-0.1, -0.05) is 11.6 Å². The van der Waals surface area contributed by atoms with E-state index >= 15 is 0 Å². The molecule has 0 saturated carbocycles. The zero-order chi connectivity index (χ0) is 10.6. The van der Waals surface area contributed by atoms with Gasteiger partial charge in [0.25, 0.3) is 0 Å². The number of halogens is 1. The van der Waals surface area contributed by atoms with Gasteiger partial charge in [0.2, 0.25) is 5.91 Å². The molecule has 5 heteroatoms. The molecule has 0 saturated heterocycles. The number of aromatic hydroxyl groups is 1. The highest BCUT2D eigenvalue weighted by Gasteiger charge is 2.01. The quantitative estimate of drug-likeness (QED) is 0.780. The molecular weight excluding hydrogens is 222 g/mol. The number of amides is 1. The summed E-state index contributed by atoms with van der Waals surface area (Å²) in [6, 6.07) is 4.92. The highest BCUT2D eigenvalue weighted by atomic mass is 35.5. The van der Waals surface area contributed by atoms with Gasteiger partial charge < -0.3 is 10.8 Å². The smallest absolute Gasteiger partial charge is 0.218 e. The number of nitrogens with two attached hydrogens (primary N) is 1. The van der Waals surface area contributed by atoms with Crippen molar-refractivity contribution in [3.05, 3.63) is 23.2 Å². The minimum Gasteiger partial charge on any atom is -0.506 e. The van der Waals surface area contributed by atoms with Gasteiger partial charge in [0.15, 0.2) is 0 Å². The van der Waals surface area contributed by atoms with Gasteiger partial charge in [-0.2, -0.15) is 0 Å². The van der Waals surface area contributed by atoms with Gasteiger partial charge in [0, 0.05) is 17.1 Å². The zero-order valence-electron chi connectivity index (χ0n) is 7.37. The fourth-order valence-corrected chi connectivity index (χ4v) is 2.00. The van der Waals surface area contributed by atoms with Crippen molar-refractivity contribution >= 4 is 29.3 Å². The van der Waals surface area contributed by atoms with Crippen LogP contribution >= 0.6 is 23.4 Å². The number of carbonyl (C=O) groups is 1. The number of thioether (sulfide) groups is 1. The fraction of sp³-hybridized carbons (Fsp3) is 0.222. The van der Waals surface area contributed by atoms with E-state index in [9.17, 15) is 4.79 Å². The second kappa shape index (κ2) is 5.12. The van der Waals surface area contributed by atoms with Gasteiger partial charge in [0.05, 0.1) is 5.02 Å². The van der Waals surface area contributed by atoms with Crippen molar-refractivity contribution in [3.8, 4) is 5.75 Å². The largest absolute Gasteiger partial charge is 0.506 e. The molecule has 1 aromatic rings. The first-order valence-corrected chi connectivity index (χ1v) is 5.35. The van der Waals surface area contributed by atoms with Crippen molar-refractivity contribution in [2.24, 2.45) is 5.73 Å². The number of carbonyl (C=O) groups excluding carboxylic acids is 1. The molecule has 0 bridgehead atoms. The lowest BCUT2D eigenvalue weighted by Crippen LogP contribution is -2.10. The third-order valence-corrected chi connectivity index (χ3v) is 2.83. The Labute approximate surface area is 91.2 Å². The molecule has 3 nitrogen and oxygen atoms in total. The summed E-state index contributed by atoms with van der Waals surface area (Å²) in [5.74, 6) is 0.365. The average Bonchev–Trinajstić information content (AvgIpc) is 2.10. The van der Waals surface area contributed by atoms with Crippen molar-refractivity contribution in [1.29, 1.82) is 0 Å². The predicted molar refractivity (Wildman–Crippen MR) is 57.7 cm³/mol. The van der Waals surface area contributed by atoms with Gasteiger partial charge in [-0.25, -0.2) is 0 Å². The minimum absolute atomic E-state index is 0.0610. The number of hydrogen-bond acceptors (Lipinski definition) is 3. The van der Waals surface area contributed by atoms with Gasteiger partial charge in [-0.15, -0.1) is 11.8 Å². The Bertz CT molecular complexity index is 344. The molecule has 1 amide bonds. The second-order valence-electron chi connectivity index (χ2n) is 2.68. The molecule has 76 valence electrons. The van der Waals surface area contributed by atoms with Crippen molar-refractivity contribution in [2.45, 2.75) is 11.3 Å². The number of benzene rings is 1. The van der Waals surface area contributed by atoms with Crippen molar-refractivity contribution < 1.29 is 9.90 Å². The van der Waals surface area contributed by atoms with Gasteiger partial charge in [-0.3, -0.25) is 4.79 Å². The van der Waals surface area contributed by atoms with E-state index in [1.54, 1.807) is 12.1 Å². The number of hydrogen-bond donors (Lipinski definition) is 2. The van der Waals surface area contributed by atoms with E-state index in [4.69, 9.17) is 22.4 Å². The molecule has 3 N–H and O–H groups in total. The lowest BCUT2D eigenvalue weighted by molar-refractivity contribution is -0.117. The molecule has 0 spiro atoms. The molecule has 0 atom stereocenters. The van der Waals surface area contributed by atoms with Crippen LogP contribution in [0.3, 0.4) is 0 Å². The van der Waals surface area contributed by atoms with Crippen LogP contribution in [0.4, 0.5) is 0 Å². The summed E-state index contributed by atoms with van der Waals surface area (Å²) in [4.78, 5) is 11.4. The van der Waals surface area contributed by atoms with Crippen LogP contribution in [0.2, 0.25) is 5.02 Å². The molecule has 0 aliphatic rings. The van der Waals surface area contributed by atoms with Gasteiger partial charge in [0.1, 0.15) is 5.75 Å². The van der Waals surface area contributed by atoms with Crippen LogP contribution in [0.1, 0.15) is 6.42 Å². The number of phenolic OH excluding ortho intramolecular Hbond substituents is 1. The van der Waals surface area contributed by atoms with E-state index in [0.29, 0.717) is 17.2 Å². The monoisotopic (exact) mass is 231 g/mol. The summed E-state index contributed by atoms with van der Waals surface area (Å²) in [5, 5.41) is 9.46. The maximum absolute atomic E-state index is 10.5. The maximum atomic E-state index is 10.5. The average molecular weight is 232 g/mol. The van der Waals surface area contributed by atoms with E-state index in [1.165, 1.54) is 17.8 Å². The third-order valence-electron chi connectivity index (χ3n) is 1.54. The summed E-state index contributed by atoms with van der Waals surface area (Å²) in [6.45, 7) is 0. The SMILES string of the molecule is NC(=O)CCSc1ccc(O)c(Cl)c1. The molecule has 0 aromatic heterocycles. The lowest BCUT2D eigenvalue weighted by Gasteiger charge is -2.01. The van der Waals surface area contributed by atoms with Crippen LogP contribution in [-0.4, -0.2) is 16.8 Å². The molecule has 14 heavy (non-hydrogen) atoms. The number of primary amides is 1. The standard InChI is InChI=1S/C9H10ClNO2S/c10-7-5-6(1-2-8(7)12)14-4-3-9(11)13/h1-2,5,12H,3-4H2,(H2,11,13). The molecule has 0 unspecified atom stereocenters. The summed E-state index contributed by atoms with van der Waals surface area (Å²) in [7, 11) is 0. The predicted octanol–water partition coefficient (Wildman–Crippen LogP) is 2.01. The molecule has 0 radical (unpaired) electrons. The number of rotatable bonds is 4. The number of phenols is 1. The van der Waals surface area contributed by atoms with Crippen molar-refractivity contribution in [2.75, 3.05) is 5.75 Å². The van der Waals surface area contributed by atoms with Crippen LogP contribution in [0.5, 0.6) is 5.75 Å². The van der Waals surface area contributed by atoms with E-state index in [-0.39, 0.29) is 11.7 Å². The van der Waals surface area contributed by atoms with Crippen molar-refractivity contribution in [3.63, 3.8) is 0 Å². The Morgan fingerprint density at radius 2 is 2.29 bits per heavy atom. The molecule has 0 fully saturated rings. The van der Waals surface area contributed by atoms with Crippen LogP contribution in [0.25, 0.3) is 0 Å². The van der Waals surface area contributed by atoms with E-state index < -0.39 is 0 Å². The zero-order valence-corrected chi connectivity index (χ0v) is 8.94. The Balaban J connectivity index is 2.51. The Kier molecular flexibility index (Phi) is 4.10. The van der Waals surface area contributed by atoms with E-state index in [1.807, 2.05) is 0 Å². The lowest BCUT2D eigenvalue weighted by atomic mass is 10.3. The molecule has 1 rings (SSSR count). The minimum atomic E-state index is -0.317. The highest BCUT2D eigenvalue weighted by molar-refractivity contribution is 7.99. The van der Waals surface area contributed by atoms with E-state index in [2.05, 4.69) is 0 Å². The maximum Gasteiger partial charge on any atom is 0.218 e. The van der Waals surface area contributed by atoms with Crippen molar-refractivity contribution in [1.82, 2.24) is 0 Å². The Morgan fingerprint density at radius 1 is 1.57 bits per heavy atom. The third kappa shape index (κ3) is 3.47. The normalized spacial score (nSPS) is 10.1. The van der Waals surface area contributed by atoms with Crippen LogP contribution in [-0.2, 0) is 4.79 Å². The summed E-state index contributed by atoms with van der Waals surface area (Å²) in [6.07, 6.45) is 0.336. The fourth-order valence-electron chi connectivity index (χ4n) is 0.847. The van der Waals surface area contributed by atoms with Crippen LogP contribution in [0.15, 0.2) is 23.1 Å². The first kappa shape index (κ1) is 11.2. The molecule has 0 aliphatic heterocycles. The first-order chi connectivity index (χ1) is 6.59. The van der Waals surface area contributed by atoms with Crippen LogP contribution < -0.4 is 5.73 Å². The summed E-state index contributed by atoms with van der Waals surface area (Å²) >= 11 is 7.18. The molecule has 0 heterocycles. The second-order valence-corrected chi connectivity index (χ2v) is 4.25. The molecule has 0 aliphatic carbocycles. The van der Waals surface area contributed by atoms with E-state index in [0.717, 1.165) is 4.90 Å². The Morgan fingerprint density at radius 3 is 2.86 bits per heavy atom. The molecule has 1 aromatic carbocycles. The summed E-state index contributed by atoms with van der Waals surface area (Å²) in [5.41, 5.74) is 4.99. The Hall–Kier alpha value is -0.870. The van der Waals surface area contributed by atoms with Crippen LogP contribution in [0, 0.1) is 0 Å². The molecular formula is C9H10ClNO2S. The van der Waals surface area contributed by atoms with Gasteiger partial charge >= 0.3 is 0 Å². The van der Waals surface area contributed by atoms with Gasteiger partial charge in [-0.05, 0) is 18.2 Å².